The normalized spacial score (nSPS) is 16.4. The zero-order valence-corrected chi connectivity index (χ0v) is 19.0. The van der Waals surface area contributed by atoms with Gasteiger partial charge < -0.3 is 4.74 Å². The summed E-state index contributed by atoms with van der Waals surface area (Å²) in [6.07, 6.45) is 1.83. The number of nitrogens with zero attached hydrogens (tertiary/aromatic N) is 2. The summed E-state index contributed by atoms with van der Waals surface area (Å²) in [6, 6.07) is 13.3. The Hall–Kier alpha value is -2.28. The number of hydrogen-bond donors (Lipinski definition) is 0. The smallest absolute Gasteiger partial charge is 0.338 e. The highest BCUT2D eigenvalue weighted by Gasteiger charge is 2.37. The number of aliphatic imine (C=N–C) groups is 1. The molecule has 0 saturated heterocycles. The Bertz CT molecular complexity index is 1040. The first-order valence-corrected chi connectivity index (χ1v) is 11.2. The van der Waals surface area contributed by atoms with Crippen molar-refractivity contribution in [1.82, 2.24) is 4.90 Å². The monoisotopic (exact) mass is 462 g/mol. The maximum atomic E-state index is 13.3. The van der Waals surface area contributed by atoms with E-state index >= 15 is 0 Å². The third-order valence-electron chi connectivity index (χ3n) is 4.59. The Morgan fingerprint density at radius 3 is 2.43 bits per heavy atom. The van der Waals surface area contributed by atoms with E-state index in [0.717, 1.165) is 0 Å². The molecule has 0 radical (unpaired) electrons. The minimum Gasteiger partial charge on any atom is -0.463 e. The lowest BCUT2D eigenvalue weighted by Gasteiger charge is -2.33. The fourth-order valence-electron chi connectivity index (χ4n) is 3.18. The second kappa shape index (κ2) is 9.69. The highest BCUT2D eigenvalue weighted by Crippen LogP contribution is 2.38. The average molecular weight is 463 g/mol. The fourth-order valence-corrected chi connectivity index (χ4v) is 4.10. The first-order chi connectivity index (χ1) is 14.4. The minimum absolute atomic E-state index is 0.204. The molecule has 1 aliphatic heterocycles. The zero-order chi connectivity index (χ0) is 21.8. The highest BCUT2D eigenvalue weighted by molar-refractivity contribution is 8.13. The molecule has 0 spiro atoms. The SMILES string of the molecule is CCOC(=O)C1=C(C)N(C(=O)c2ccccc2)C(SC)=N[C@@H]1c1ccc(Cl)c(Cl)c1. The van der Waals surface area contributed by atoms with Crippen LogP contribution in [0.3, 0.4) is 0 Å². The number of thioether (sulfide) groups is 1. The van der Waals surface area contributed by atoms with Crippen molar-refractivity contribution in [2.24, 2.45) is 4.99 Å². The van der Waals surface area contributed by atoms with Crippen LogP contribution >= 0.6 is 35.0 Å². The van der Waals surface area contributed by atoms with Gasteiger partial charge in [0.1, 0.15) is 6.04 Å². The van der Waals surface area contributed by atoms with Crippen LogP contribution in [0.25, 0.3) is 0 Å². The fraction of sp³-hybridized carbons (Fsp3) is 0.227. The van der Waals surface area contributed by atoms with Gasteiger partial charge in [0.05, 0.1) is 22.2 Å². The molecule has 2 aromatic carbocycles. The van der Waals surface area contributed by atoms with Crippen LogP contribution in [0.5, 0.6) is 0 Å². The van der Waals surface area contributed by atoms with E-state index in [1.54, 1.807) is 56.3 Å². The minimum atomic E-state index is -0.666. The van der Waals surface area contributed by atoms with Crippen LogP contribution in [0.4, 0.5) is 0 Å². The Kier molecular flexibility index (Phi) is 7.23. The van der Waals surface area contributed by atoms with Crippen LogP contribution in [0.15, 0.2) is 64.8 Å². The van der Waals surface area contributed by atoms with Crippen molar-refractivity contribution in [2.75, 3.05) is 12.9 Å². The Balaban J connectivity index is 2.16. The quantitative estimate of drug-likeness (QED) is 0.542. The van der Waals surface area contributed by atoms with Crippen molar-refractivity contribution in [1.29, 1.82) is 0 Å². The summed E-state index contributed by atoms with van der Waals surface area (Å²) < 4.78 is 5.29. The van der Waals surface area contributed by atoms with Crippen molar-refractivity contribution in [3.05, 3.63) is 81.0 Å². The number of amidine groups is 1. The number of rotatable bonds is 4. The molecule has 1 aliphatic rings. The molecule has 0 bridgehead atoms. The van der Waals surface area contributed by atoms with E-state index in [0.29, 0.717) is 32.0 Å². The van der Waals surface area contributed by atoms with Gasteiger partial charge in [0, 0.05) is 11.3 Å². The zero-order valence-electron chi connectivity index (χ0n) is 16.7. The van der Waals surface area contributed by atoms with E-state index < -0.39 is 12.0 Å². The Morgan fingerprint density at radius 1 is 1.13 bits per heavy atom. The predicted octanol–water partition coefficient (Wildman–Crippen LogP) is 5.75. The molecule has 0 aliphatic carbocycles. The summed E-state index contributed by atoms with van der Waals surface area (Å²) in [5.41, 5.74) is 1.94. The summed E-state index contributed by atoms with van der Waals surface area (Å²) in [6.45, 7) is 3.66. The third-order valence-corrected chi connectivity index (χ3v) is 5.98. The van der Waals surface area contributed by atoms with Gasteiger partial charge in [-0.25, -0.2) is 9.79 Å². The molecular formula is C22H20Cl2N2O3S. The second-order valence-corrected chi connectivity index (χ2v) is 8.01. The van der Waals surface area contributed by atoms with Crippen LogP contribution in [-0.2, 0) is 9.53 Å². The van der Waals surface area contributed by atoms with Gasteiger partial charge in [0.15, 0.2) is 5.17 Å². The van der Waals surface area contributed by atoms with Gasteiger partial charge in [-0.15, -0.1) is 0 Å². The molecule has 3 rings (SSSR count). The summed E-state index contributed by atoms with van der Waals surface area (Å²) in [5, 5.41) is 1.24. The van der Waals surface area contributed by atoms with Crippen LogP contribution in [0.1, 0.15) is 35.8 Å². The van der Waals surface area contributed by atoms with Crippen LogP contribution in [0, 0.1) is 0 Å². The molecule has 1 amide bonds. The number of amides is 1. The van der Waals surface area contributed by atoms with E-state index in [-0.39, 0.29) is 18.1 Å². The number of halogens is 2. The topological polar surface area (TPSA) is 59.0 Å². The molecule has 8 heteroatoms. The van der Waals surface area contributed by atoms with E-state index in [1.165, 1.54) is 16.7 Å². The molecule has 0 N–H and O–H groups in total. The van der Waals surface area contributed by atoms with Crippen molar-refractivity contribution in [2.45, 2.75) is 19.9 Å². The largest absolute Gasteiger partial charge is 0.463 e. The van der Waals surface area contributed by atoms with Crippen molar-refractivity contribution in [3.8, 4) is 0 Å². The van der Waals surface area contributed by atoms with Crippen LogP contribution in [0.2, 0.25) is 10.0 Å². The Labute approximate surface area is 189 Å². The summed E-state index contributed by atoms with van der Waals surface area (Å²) >= 11 is 13.6. The summed E-state index contributed by atoms with van der Waals surface area (Å²) in [7, 11) is 0. The third kappa shape index (κ3) is 4.41. The van der Waals surface area contributed by atoms with Gasteiger partial charge in [-0.2, -0.15) is 0 Å². The lowest BCUT2D eigenvalue weighted by atomic mass is 9.95. The van der Waals surface area contributed by atoms with E-state index in [1.807, 2.05) is 12.3 Å². The number of allylic oxidation sites excluding steroid dienone is 1. The van der Waals surface area contributed by atoms with Gasteiger partial charge in [0.25, 0.3) is 5.91 Å². The molecule has 156 valence electrons. The first kappa shape index (κ1) is 22.4. The van der Waals surface area contributed by atoms with Gasteiger partial charge in [-0.05, 0) is 49.9 Å². The number of carbonyl (C=O) groups is 2. The van der Waals surface area contributed by atoms with E-state index in [4.69, 9.17) is 32.9 Å². The molecule has 30 heavy (non-hydrogen) atoms. The molecule has 5 nitrogen and oxygen atoms in total. The number of carbonyl (C=O) groups excluding carboxylic acids is 2. The first-order valence-electron chi connectivity index (χ1n) is 9.23. The standard InChI is InChI=1S/C22H20Cl2N2O3S/c1-4-29-21(28)18-13(2)26(20(27)14-8-6-5-7-9-14)22(30-3)25-19(18)15-10-11-16(23)17(24)12-15/h5-12,19H,4H2,1-3H3/t19-/m1/s1. The van der Waals surface area contributed by atoms with Crippen molar-refractivity contribution in [3.63, 3.8) is 0 Å². The molecule has 0 saturated carbocycles. The maximum Gasteiger partial charge on any atom is 0.338 e. The number of esters is 1. The number of benzene rings is 2. The maximum absolute atomic E-state index is 13.3. The average Bonchev–Trinajstić information content (AvgIpc) is 2.75. The molecule has 0 fully saturated rings. The molecular weight excluding hydrogens is 443 g/mol. The summed E-state index contributed by atoms with van der Waals surface area (Å²) in [4.78, 5) is 32.3. The number of ether oxygens (including phenoxy) is 1. The molecule has 2 aromatic rings. The lowest BCUT2D eigenvalue weighted by molar-refractivity contribution is -0.139. The lowest BCUT2D eigenvalue weighted by Crippen LogP contribution is -2.39. The van der Waals surface area contributed by atoms with Gasteiger partial charge in [-0.1, -0.05) is 59.2 Å². The molecule has 1 heterocycles. The van der Waals surface area contributed by atoms with Crippen LogP contribution in [-0.4, -0.2) is 34.8 Å². The number of hydrogen-bond acceptors (Lipinski definition) is 5. The highest BCUT2D eigenvalue weighted by atomic mass is 35.5. The van der Waals surface area contributed by atoms with Gasteiger partial charge in [0.2, 0.25) is 0 Å². The van der Waals surface area contributed by atoms with Crippen molar-refractivity contribution < 1.29 is 14.3 Å². The predicted molar refractivity (Wildman–Crippen MR) is 122 cm³/mol. The van der Waals surface area contributed by atoms with E-state index in [9.17, 15) is 9.59 Å². The Morgan fingerprint density at radius 2 is 1.83 bits per heavy atom. The van der Waals surface area contributed by atoms with Gasteiger partial charge in [-0.3, -0.25) is 9.69 Å². The van der Waals surface area contributed by atoms with Gasteiger partial charge >= 0.3 is 5.97 Å². The van der Waals surface area contributed by atoms with Crippen LogP contribution < -0.4 is 0 Å². The molecule has 0 unspecified atom stereocenters. The summed E-state index contributed by atoms with van der Waals surface area (Å²) in [5.74, 6) is -0.795. The molecule has 1 atom stereocenters. The van der Waals surface area contributed by atoms with Crippen molar-refractivity contribution >= 4 is 52.0 Å². The second-order valence-electron chi connectivity index (χ2n) is 6.42. The molecule has 0 aromatic heterocycles. The van der Waals surface area contributed by atoms with E-state index in [2.05, 4.69) is 0 Å².